The van der Waals surface area contributed by atoms with Crippen molar-refractivity contribution >= 4 is 22.9 Å². The third kappa shape index (κ3) is 3.28. The Morgan fingerprint density at radius 3 is 2.71 bits per heavy atom. The number of imidazole rings is 1. The summed E-state index contributed by atoms with van der Waals surface area (Å²) in [5, 5.41) is 9.23. The van der Waals surface area contributed by atoms with Gasteiger partial charge in [0.25, 0.3) is 0 Å². The first-order valence-electron chi connectivity index (χ1n) is 10.1. The van der Waals surface area contributed by atoms with Gasteiger partial charge in [0.1, 0.15) is 5.82 Å². The van der Waals surface area contributed by atoms with Crippen molar-refractivity contribution in [2.45, 2.75) is 58.8 Å². The molecule has 0 bridgehead atoms. The van der Waals surface area contributed by atoms with Gasteiger partial charge in [-0.3, -0.25) is 9.69 Å². The van der Waals surface area contributed by atoms with Crippen molar-refractivity contribution in [2.24, 2.45) is 5.92 Å². The van der Waals surface area contributed by atoms with Crippen LogP contribution in [-0.4, -0.2) is 55.5 Å². The van der Waals surface area contributed by atoms with Gasteiger partial charge >= 0.3 is 11.9 Å². The van der Waals surface area contributed by atoms with Gasteiger partial charge in [0, 0.05) is 25.7 Å². The number of hydrogen-bond donors (Lipinski definition) is 1. The number of carboxylic acids is 1. The standard InChI is InChI=1S/C21H28N4O3/c1-13(2)23-8-9-24-18-7-5-15(10-16(18)22-19(24)12-23)17-6-4-14(3)11-25(17)20(26)21(27)28/h5,7,10,13-14,17H,4,6,8-9,11-12H2,1-3H3,(H,27,28)/t14-,17?/m0/s1. The Morgan fingerprint density at radius 1 is 1.21 bits per heavy atom. The Bertz CT molecular complexity index is 920. The third-order valence-electron chi connectivity index (χ3n) is 6.18. The van der Waals surface area contributed by atoms with E-state index < -0.39 is 11.9 Å². The molecule has 2 atom stereocenters. The zero-order chi connectivity index (χ0) is 20.0. The molecule has 0 saturated carbocycles. The fourth-order valence-corrected chi connectivity index (χ4v) is 4.55. The van der Waals surface area contributed by atoms with E-state index in [1.165, 1.54) is 4.90 Å². The predicted octanol–water partition coefficient (Wildman–Crippen LogP) is 2.64. The summed E-state index contributed by atoms with van der Waals surface area (Å²) < 4.78 is 2.28. The molecule has 0 radical (unpaired) electrons. The molecule has 3 heterocycles. The van der Waals surface area contributed by atoms with E-state index in [0.29, 0.717) is 18.5 Å². The van der Waals surface area contributed by atoms with Crippen molar-refractivity contribution in [3.05, 3.63) is 29.6 Å². The average molecular weight is 384 g/mol. The molecule has 4 rings (SSSR count). The van der Waals surface area contributed by atoms with Crippen LogP contribution in [0.1, 0.15) is 51.0 Å². The van der Waals surface area contributed by atoms with Crippen LogP contribution in [0.4, 0.5) is 0 Å². The molecule has 0 spiro atoms. The van der Waals surface area contributed by atoms with Crippen LogP contribution in [0.15, 0.2) is 18.2 Å². The molecule has 1 saturated heterocycles. The Kier molecular flexibility index (Phi) is 4.87. The number of carbonyl (C=O) groups is 2. The highest BCUT2D eigenvalue weighted by Gasteiger charge is 2.34. The van der Waals surface area contributed by atoms with Crippen molar-refractivity contribution in [3.63, 3.8) is 0 Å². The molecular formula is C21H28N4O3. The number of nitrogens with zero attached hydrogens (tertiary/aromatic N) is 4. The first kappa shape index (κ1) is 18.9. The molecule has 150 valence electrons. The lowest BCUT2D eigenvalue weighted by atomic mass is 9.89. The van der Waals surface area contributed by atoms with Crippen LogP contribution < -0.4 is 0 Å². The maximum atomic E-state index is 12.3. The van der Waals surface area contributed by atoms with Gasteiger partial charge < -0.3 is 14.6 Å². The van der Waals surface area contributed by atoms with E-state index in [1.54, 1.807) is 0 Å². The first-order valence-corrected chi connectivity index (χ1v) is 10.1. The molecule has 1 N–H and O–H groups in total. The minimum absolute atomic E-state index is 0.199. The second-order valence-corrected chi connectivity index (χ2v) is 8.45. The lowest BCUT2D eigenvalue weighted by Gasteiger charge is -2.38. The van der Waals surface area contributed by atoms with Crippen LogP contribution >= 0.6 is 0 Å². The molecule has 2 aliphatic heterocycles. The summed E-state index contributed by atoms with van der Waals surface area (Å²) in [4.78, 5) is 32.4. The molecule has 2 aliphatic rings. The predicted molar refractivity (Wildman–Crippen MR) is 106 cm³/mol. The van der Waals surface area contributed by atoms with Crippen LogP contribution in [-0.2, 0) is 22.7 Å². The fourth-order valence-electron chi connectivity index (χ4n) is 4.55. The summed E-state index contributed by atoms with van der Waals surface area (Å²) in [5.41, 5.74) is 3.02. The smallest absolute Gasteiger partial charge is 0.394 e. The summed E-state index contributed by atoms with van der Waals surface area (Å²) in [6, 6.07) is 6.45. The van der Waals surface area contributed by atoms with Crippen LogP contribution in [0.25, 0.3) is 11.0 Å². The van der Waals surface area contributed by atoms with Crippen molar-refractivity contribution in [1.29, 1.82) is 0 Å². The number of carboxylic acid groups (broad SMARTS) is 1. The van der Waals surface area contributed by atoms with E-state index in [0.717, 1.165) is 54.9 Å². The number of carbonyl (C=O) groups excluding carboxylic acids is 1. The van der Waals surface area contributed by atoms with Gasteiger partial charge in [-0.1, -0.05) is 13.0 Å². The van der Waals surface area contributed by atoms with Crippen LogP contribution in [0, 0.1) is 5.92 Å². The van der Waals surface area contributed by atoms with Gasteiger partial charge in [-0.25, -0.2) is 9.78 Å². The molecule has 7 nitrogen and oxygen atoms in total. The number of hydrogen-bond acceptors (Lipinski definition) is 4. The average Bonchev–Trinajstić information content (AvgIpc) is 3.03. The zero-order valence-corrected chi connectivity index (χ0v) is 16.8. The third-order valence-corrected chi connectivity index (χ3v) is 6.18. The highest BCUT2D eigenvalue weighted by molar-refractivity contribution is 6.31. The van der Waals surface area contributed by atoms with Gasteiger partial charge in [0.05, 0.1) is 23.6 Å². The Morgan fingerprint density at radius 2 is 2.00 bits per heavy atom. The molecule has 1 fully saturated rings. The molecular weight excluding hydrogens is 356 g/mol. The molecule has 28 heavy (non-hydrogen) atoms. The molecule has 2 aromatic rings. The largest absolute Gasteiger partial charge is 0.474 e. The maximum Gasteiger partial charge on any atom is 0.394 e. The molecule has 7 heteroatoms. The van der Waals surface area contributed by atoms with E-state index >= 15 is 0 Å². The van der Waals surface area contributed by atoms with E-state index in [2.05, 4.69) is 36.3 Å². The van der Waals surface area contributed by atoms with Crippen molar-refractivity contribution in [2.75, 3.05) is 13.1 Å². The zero-order valence-electron chi connectivity index (χ0n) is 16.8. The number of aliphatic carboxylic acids is 1. The van der Waals surface area contributed by atoms with Crippen molar-refractivity contribution in [1.82, 2.24) is 19.4 Å². The van der Waals surface area contributed by atoms with Crippen LogP contribution in [0.3, 0.4) is 0 Å². The SMILES string of the molecule is CC(C)N1CCn2c(nc3cc(C4CC[C@H](C)CN4C(=O)C(=O)O)ccc32)C1. The van der Waals surface area contributed by atoms with Crippen molar-refractivity contribution in [3.8, 4) is 0 Å². The molecule has 1 unspecified atom stereocenters. The fraction of sp³-hybridized carbons (Fsp3) is 0.571. The second kappa shape index (κ2) is 7.20. The number of fused-ring (bicyclic) bond motifs is 3. The monoisotopic (exact) mass is 384 g/mol. The molecule has 1 amide bonds. The number of amides is 1. The summed E-state index contributed by atoms with van der Waals surface area (Å²) in [5.74, 6) is -0.812. The minimum atomic E-state index is -1.38. The lowest BCUT2D eigenvalue weighted by Crippen LogP contribution is -2.44. The minimum Gasteiger partial charge on any atom is -0.474 e. The van der Waals surface area contributed by atoms with Gasteiger partial charge in [-0.2, -0.15) is 0 Å². The number of piperidine rings is 1. The summed E-state index contributed by atoms with van der Waals surface area (Å²) in [7, 11) is 0. The normalized spacial score (nSPS) is 23.2. The van der Waals surface area contributed by atoms with Gasteiger partial charge in [-0.05, 0) is 50.3 Å². The number of likely N-dealkylation sites (tertiary alicyclic amines) is 1. The summed E-state index contributed by atoms with van der Waals surface area (Å²) >= 11 is 0. The van der Waals surface area contributed by atoms with Crippen LogP contribution in [0.5, 0.6) is 0 Å². The van der Waals surface area contributed by atoms with Gasteiger partial charge in [0.2, 0.25) is 0 Å². The summed E-state index contributed by atoms with van der Waals surface area (Å²) in [6.45, 7) is 9.73. The Balaban J connectivity index is 1.67. The topological polar surface area (TPSA) is 78.7 Å². The highest BCUT2D eigenvalue weighted by Crippen LogP contribution is 2.35. The van der Waals surface area contributed by atoms with Crippen LogP contribution in [0.2, 0.25) is 0 Å². The first-order chi connectivity index (χ1) is 13.3. The Labute approximate surface area is 164 Å². The van der Waals surface area contributed by atoms with Crippen molar-refractivity contribution < 1.29 is 14.7 Å². The van der Waals surface area contributed by atoms with E-state index in [9.17, 15) is 14.7 Å². The van der Waals surface area contributed by atoms with Gasteiger partial charge in [-0.15, -0.1) is 0 Å². The number of rotatable bonds is 2. The molecule has 0 aliphatic carbocycles. The second-order valence-electron chi connectivity index (χ2n) is 8.45. The maximum absolute atomic E-state index is 12.3. The van der Waals surface area contributed by atoms with E-state index in [1.807, 2.05) is 12.1 Å². The number of benzene rings is 1. The lowest BCUT2D eigenvalue weighted by molar-refractivity contribution is -0.158. The van der Waals surface area contributed by atoms with E-state index in [-0.39, 0.29) is 6.04 Å². The molecule has 1 aromatic carbocycles. The molecule has 1 aromatic heterocycles. The van der Waals surface area contributed by atoms with Gasteiger partial charge in [0.15, 0.2) is 0 Å². The van der Waals surface area contributed by atoms with E-state index in [4.69, 9.17) is 4.98 Å². The number of aromatic nitrogens is 2. The Hall–Kier alpha value is -2.41. The quantitative estimate of drug-likeness (QED) is 0.806. The summed E-state index contributed by atoms with van der Waals surface area (Å²) in [6.07, 6.45) is 1.76. The highest BCUT2D eigenvalue weighted by atomic mass is 16.4.